The average molecular weight is 223 g/mol. The molecule has 0 unspecified atom stereocenters. The third kappa shape index (κ3) is 5.29. The Balaban J connectivity index is 2.17. The zero-order valence-electron chi connectivity index (χ0n) is 10.4. The highest BCUT2D eigenvalue weighted by molar-refractivity contribution is 4.86. The quantitative estimate of drug-likeness (QED) is 0.599. The Hall–Kier alpha value is -0.860. The molecule has 0 aliphatic rings. The van der Waals surface area contributed by atoms with Crippen molar-refractivity contribution in [1.29, 1.82) is 0 Å². The zero-order valence-corrected chi connectivity index (χ0v) is 10.4. The summed E-state index contributed by atoms with van der Waals surface area (Å²) in [4.78, 5) is 4.38. The molecule has 0 fully saturated rings. The molecule has 0 spiro atoms. The fourth-order valence-electron chi connectivity index (χ4n) is 1.66. The van der Waals surface area contributed by atoms with Gasteiger partial charge in [-0.25, -0.2) is 0 Å². The van der Waals surface area contributed by atoms with E-state index in [0.29, 0.717) is 0 Å². The molecule has 0 atom stereocenters. The van der Waals surface area contributed by atoms with Gasteiger partial charge in [0.05, 0.1) is 0 Å². The van der Waals surface area contributed by atoms with E-state index in [1.165, 1.54) is 19.3 Å². The lowest BCUT2D eigenvalue weighted by Crippen LogP contribution is -1.90. The molecule has 91 valence electrons. The summed E-state index contributed by atoms with van der Waals surface area (Å²) in [5.74, 6) is 1.67. The predicted octanol–water partition coefficient (Wildman–Crippen LogP) is 3.74. The monoisotopic (exact) mass is 223 g/mol. The van der Waals surface area contributed by atoms with Crippen molar-refractivity contribution in [3.8, 4) is 0 Å². The fourth-order valence-corrected chi connectivity index (χ4v) is 1.66. The second-order valence-corrected chi connectivity index (χ2v) is 4.23. The van der Waals surface area contributed by atoms with E-state index in [4.69, 9.17) is 4.52 Å². The van der Waals surface area contributed by atoms with Gasteiger partial charge < -0.3 is 4.52 Å². The Morgan fingerprint density at radius 1 is 1.06 bits per heavy atom. The van der Waals surface area contributed by atoms with Crippen molar-refractivity contribution < 1.29 is 4.52 Å². The van der Waals surface area contributed by atoms with E-state index in [-0.39, 0.29) is 0 Å². The van der Waals surface area contributed by atoms with Gasteiger partial charge in [0.15, 0.2) is 5.82 Å². The van der Waals surface area contributed by atoms with Gasteiger partial charge in [-0.2, -0.15) is 4.98 Å². The number of unbranched alkanes of at least 4 members (excludes halogenated alkanes) is 5. The van der Waals surface area contributed by atoms with Crippen LogP contribution in [0, 0.1) is 6.92 Å². The van der Waals surface area contributed by atoms with Gasteiger partial charge in [-0.15, -0.1) is 0 Å². The summed E-state index contributed by atoms with van der Waals surface area (Å²) in [5.41, 5.74) is 0. The van der Waals surface area contributed by atoms with E-state index in [2.05, 4.69) is 24.0 Å². The van der Waals surface area contributed by atoms with Crippen molar-refractivity contribution in [2.75, 3.05) is 0 Å². The zero-order chi connectivity index (χ0) is 11.6. The van der Waals surface area contributed by atoms with E-state index in [1.54, 1.807) is 0 Å². The summed E-state index contributed by atoms with van der Waals surface area (Å²) in [6.07, 6.45) is 10.1. The van der Waals surface area contributed by atoms with Crippen LogP contribution < -0.4 is 0 Å². The first-order valence-electron chi connectivity index (χ1n) is 6.47. The second kappa shape index (κ2) is 8.31. The van der Waals surface area contributed by atoms with Crippen LogP contribution in [0.25, 0.3) is 0 Å². The molecule has 0 amide bonds. The van der Waals surface area contributed by atoms with Gasteiger partial charge in [0.25, 0.3) is 0 Å². The van der Waals surface area contributed by atoms with Gasteiger partial charge in [-0.3, -0.25) is 0 Å². The second-order valence-electron chi connectivity index (χ2n) is 4.23. The molecule has 1 radical (unpaired) electrons. The number of hydrogen-bond donors (Lipinski definition) is 0. The van der Waals surface area contributed by atoms with E-state index in [9.17, 15) is 0 Å². The van der Waals surface area contributed by atoms with Crippen LogP contribution in [0.3, 0.4) is 0 Å². The van der Waals surface area contributed by atoms with Crippen molar-refractivity contribution in [3.63, 3.8) is 0 Å². The van der Waals surface area contributed by atoms with E-state index in [0.717, 1.165) is 50.2 Å². The van der Waals surface area contributed by atoms with Crippen molar-refractivity contribution in [2.24, 2.45) is 0 Å². The van der Waals surface area contributed by atoms with Crippen molar-refractivity contribution >= 4 is 0 Å². The van der Waals surface area contributed by atoms with Crippen LogP contribution in [0.15, 0.2) is 4.52 Å². The normalized spacial score (nSPS) is 10.9. The van der Waals surface area contributed by atoms with Crippen LogP contribution in [-0.2, 0) is 12.8 Å². The predicted molar refractivity (Wildman–Crippen MR) is 65.1 cm³/mol. The lowest BCUT2D eigenvalue weighted by Gasteiger charge is -1.94. The molecule has 0 N–H and O–H groups in total. The molecule has 0 aliphatic carbocycles. The third-order valence-electron chi connectivity index (χ3n) is 2.65. The molecule has 1 aromatic heterocycles. The summed E-state index contributed by atoms with van der Waals surface area (Å²) in [7, 11) is 0. The van der Waals surface area contributed by atoms with Gasteiger partial charge >= 0.3 is 0 Å². The molecule has 0 bridgehead atoms. The molecular weight excluding hydrogens is 200 g/mol. The van der Waals surface area contributed by atoms with Gasteiger partial charge in [-0.05, 0) is 12.8 Å². The molecule has 16 heavy (non-hydrogen) atoms. The SMILES string of the molecule is [CH2]CCCCc1noc(CCCCCC)n1. The number of nitrogens with zero attached hydrogens (tertiary/aromatic N) is 2. The smallest absolute Gasteiger partial charge is 0.226 e. The maximum atomic E-state index is 5.20. The number of rotatable bonds is 9. The lowest BCUT2D eigenvalue weighted by atomic mass is 10.1. The highest BCUT2D eigenvalue weighted by Crippen LogP contribution is 2.08. The average Bonchev–Trinajstić information content (AvgIpc) is 2.73. The standard InChI is InChI=1S/C13H23N2O/c1-3-5-7-9-11-13-14-12(15-16-13)10-8-6-4-2/h2-11H2,1H3. The minimum Gasteiger partial charge on any atom is -0.339 e. The van der Waals surface area contributed by atoms with Crippen molar-refractivity contribution in [1.82, 2.24) is 10.1 Å². The fraction of sp³-hybridized carbons (Fsp3) is 0.769. The number of aryl methyl sites for hydroxylation is 2. The molecule has 3 nitrogen and oxygen atoms in total. The molecule has 0 aromatic carbocycles. The van der Waals surface area contributed by atoms with Crippen LogP contribution in [0.1, 0.15) is 63.6 Å². The molecule has 0 saturated carbocycles. The van der Waals surface area contributed by atoms with Crippen LogP contribution in [-0.4, -0.2) is 10.1 Å². The topological polar surface area (TPSA) is 38.9 Å². The summed E-state index contributed by atoms with van der Waals surface area (Å²) >= 11 is 0. The van der Waals surface area contributed by atoms with Gasteiger partial charge in [0.1, 0.15) is 0 Å². The maximum absolute atomic E-state index is 5.20. The Morgan fingerprint density at radius 3 is 2.62 bits per heavy atom. The van der Waals surface area contributed by atoms with Crippen LogP contribution >= 0.6 is 0 Å². The van der Waals surface area contributed by atoms with Crippen LogP contribution in [0.5, 0.6) is 0 Å². The Labute approximate surface area is 98.6 Å². The molecule has 3 heteroatoms. The number of aromatic nitrogens is 2. The summed E-state index contributed by atoms with van der Waals surface area (Å²) < 4.78 is 5.20. The minimum absolute atomic E-state index is 0.806. The summed E-state index contributed by atoms with van der Waals surface area (Å²) in [5, 5.41) is 3.98. The van der Waals surface area contributed by atoms with E-state index in [1.807, 2.05) is 0 Å². The summed E-state index contributed by atoms with van der Waals surface area (Å²) in [6, 6.07) is 0. The first-order valence-corrected chi connectivity index (χ1v) is 6.47. The van der Waals surface area contributed by atoms with Gasteiger partial charge in [0, 0.05) is 12.8 Å². The van der Waals surface area contributed by atoms with Crippen molar-refractivity contribution in [3.05, 3.63) is 18.6 Å². The highest BCUT2D eigenvalue weighted by atomic mass is 16.5. The lowest BCUT2D eigenvalue weighted by molar-refractivity contribution is 0.368. The highest BCUT2D eigenvalue weighted by Gasteiger charge is 2.05. The minimum atomic E-state index is 0.806. The molecular formula is C13H23N2O. The largest absolute Gasteiger partial charge is 0.339 e. The molecule has 1 aromatic rings. The molecule has 0 aliphatic heterocycles. The third-order valence-corrected chi connectivity index (χ3v) is 2.65. The van der Waals surface area contributed by atoms with Crippen LogP contribution in [0.4, 0.5) is 0 Å². The van der Waals surface area contributed by atoms with E-state index >= 15 is 0 Å². The Morgan fingerprint density at radius 2 is 1.88 bits per heavy atom. The number of hydrogen-bond acceptors (Lipinski definition) is 3. The maximum Gasteiger partial charge on any atom is 0.226 e. The molecule has 0 saturated heterocycles. The first kappa shape index (κ1) is 13.2. The van der Waals surface area contributed by atoms with Gasteiger partial charge in [0.2, 0.25) is 5.89 Å². The van der Waals surface area contributed by atoms with Crippen LogP contribution in [0.2, 0.25) is 0 Å². The van der Waals surface area contributed by atoms with E-state index < -0.39 is 0 Å². The Bertz CT molecular complexity index is 271. The molecule has 1 heterocycles. The van der Waals surface area contributed by atoms with Crippen molar-refractivity contribution in [2.45, 2.75) is 64.7 Å². The first-order chi connectivity index (χ1) is 7.86. The van der Waals surface area contributed by atoms with Gasteiger partial charge in [-0.1, -0.05) is 51.1 Å². The summed E-state index contributed by atoms with van der Waals surface area (Å²) in [6.45, 7) is 6.03. The molecule has 1 rings (SSSR count). The Kier molecular flexibility index (Phi) is 6.86.